The van der Waals surface area contributed by atoms with Gasteiger partial charge in [-0.3, -0.25) is 0 Å². The lowest BCUT2D eigenvalue weighted by molar-refractivity contribution is 1.12. The normalized spacial score (nSPS) is 18.5. The van der Waals surface area contributed by atoms with Crippen LogP contribution in [0.5, 0.6) is 0 Å². The number of thiol groups is 2. The molecule has 0 N–H and O–H groups in total. The molecule has 0 radical (unpaired) electrons. The van der Waals surface area contributed by atoms with Crippen LogP contribution in [0.25, 0.3) is 0 Å². The Hall–Kier alpha value is 1.48. The summed E-state index contributed by atoms with van der Waals surface area (Å²) in [6, 6.07) is 2.78. The highest BCUT2D eigenvalue weighted by atomic mass is 32.5. The fourth-order valence-corrected chi connectivity index (χ4v) is 12.2. The van der Waals surface area contributed by atoms with Gasteiger partial charge in [0.25, 0.3) is 0 Å². The van der Waals surface area contributed by atoms with Crippen molar-refractivity contribution in [1.29, 1.82) is 0 Å². The molecule has 0 amide bonds. The molecule has 0 aliphatic rings. The van der Waals surface area contributed by atoms with E-state index in [0.717, 1.165) is 0 Å². The lowest BCUT2D eigenvalue weighted by atomic mass is 10.6. The number of hydrogen-bond acceptors (Lipinski definition) is 3. The molecule has 0 saturated carbocycles. The quantitative estimate of drug-likeness (QED) is 0.403. The minimum absolute atomic E-state index is 0.189. The second-order valence-electron chi connectivity index (χ2n) is 2.89. The third-order valence-corrected chi connectivity index (χ3v) is 14.0. The van der Waals surface area contributed by atoms with Crippen LogP contribution in [0.15, 0.2) is 0 Å². The summed E-state index contributed by atoms with van der Waals surface area (Å²) in [5.74, 6) is 0. The predicted octanol–water partition coefficient (Wildman–Crippen LogP) is 1.36. The fraction of sp³-hybridized carbons (Fsp3) is 1.00. The maximum Gasteiger partial charge on any atom is 0.0783 e. The van der Waals surface area contributed by atoms with Gasteiger partial charge in [-0.25, -0.2) is 10.7 Å². The molecule has 68 valence electrons. The molecule has 0 aromatic heterocycles. The molecule has 0 rings (SSSR count). The van der Waals surface area contributed by atoms with Crippen LogP contribution in [-0.4, -0.2) is 27.8 Å². The van der Waals surface area contributed by atoms with Crippen LogP contribution in [0.3, 0.4) is 0 Å². The Morgan fingerprint density at radius 1 is 1.09 bits per heavy atom. The molecule has 0 heterocycles. The SMILES string of the molecule is CC(S)C[SiH2]S[SiH2]CC(C)S. The Morgan fingerprint density at radius 2 is 1.45 bits per heavy atom. The van der Waals surface area contributed by atoms with Crippen molar-refractivity contribution in [3.63, 3.8) is 0 Å². The van der Waals surface area contributed by atoms with Gasteiger partial charge in [-0.05, 0) is 22.6 Å². The van der Waals surface area contributed by atoms with Crippen molar-refractivity contribution in [2.24, 2.45) is 0 Å². The number of hydrogen-bond donors (Lipinski definition) is 2. The molecule has 0 aromatic rings. The van der Waals surface area contributed by atoms with Gasteiger partial charge in [-0.1, -0.05) is 13.8 Å². The van der Waals surface area contributed by atoms with Gasteiger partial charge in [-0.15, -0.1) is 0 Å². The van der Waals surface area contributed by atoms with Crippen LogP contribution in [0.1, 0.15) is 13.8 Å². The minimum atomic E-state index is 0.189. The van der Waals surface area contributed by atoms with Crippen molar-refractivity contribution in [3.8, 4) is 0 Å². The van der Waals surface area contributed by atoms with Crippen molar-refractivity contribution < 1.29 is 0 Å². The Kier molecular flexibility index (Phi) is 9.19. The van der Waals surface area contributed by atoms with E-state index in [1.807, 2.05) is 0 Å². The highest BCUT2D eigenvalue weighted by Gasteiger charge is 1.98. The topological polar surface area (TPSA) is 0 Å². The van der Waals surface area contributed by atoms with E-state index in [2.05, 4.69) is 49.8 Å². The Morgan fingerprint density at radius 3 is 1.73 bits per heavy atom. The van der Waals surface area contributed by atoms with Gasteiger partial charge in [0.1, 0.15) is 0 Å². The highest BCUT2D eigenvalue weighted by Crippen LogP contribution is 2.09. The molecule has 11 heavy (non-hydrogen) atoms. The minimum Gasteiger partial charge on any atom is -0.221 e. The van der Waals surface area contributed by atoms with Gasteiger partial charge in [0, 0.05) is 0 Å². The molecule has 0 bridgehead atoms. The second-order valence-corrected chi connectivity index (χ2v) is 14.4. The standard InChI is InChI=1S/C6H18S3Si2/c1-5(7)3-10-9-11-4-6(2)8/h5-8H,3-4,10-11H2,1-2H3. The predicted molar refractivity (Wildman–Crippen MR) is 71.2 cm³/mol. The van der Waals surface area contributed by atoms with Crippen molar-refractivity contribution >= 4 is 53.3 Å². The summed E-state index contributed by atoms with van der Waals surface area (Å²) < 4.78 is 0. The smallest absolute Gasteiger partial charge is 0.0783 e. The Labute approximate surface area is 89.4 Å². The second kappa shape index (κ2) is 8.10. The van der Waals surface area contributed by atoms with Gasteiger partial charge < -0.3 is 0 Å². The van der Waals surface area contributed by atoms with E-state index in [-0.39, 0.29) is 17.3 Å². The van der Waals surface area contributed by atoms with E-state index >= 15 is 0 Å². The first-order valence-electron chi connectivity index (χ1n) is 4.06. The summed E-state index contributed by atoms with van der Waals surface area (Å²) in [7, 11) is 2.67. The maximum atomic E-state index is 4.36. The molecule has 2 atom stereocenters. The first kappa shape index (κ1) is 12.5. The molecule has 0 nitrogen and oxygen atoms in total. The van der Waals surface area contributed by atoms with Crippen molar-refractivity contribution in [2.75, 3.05) is 0 Å². The monoisotopic (exact) mass is 242 g/mol. The first-order valence-corrected chi connectivity index (χ1v) is 11.7. The molecule has 2 unspecified atom stereocenters. The molecule has 0 aliphatic carbocycles. The average molecular weight is 243 g/mol. The Bertz CT molecular complexity index is 77.9. The average Bonchev–Trinajstić information content (AvgIpc) is 1.85. The van der Waals surface area contributed by atoms with Crippen LogP contribution in [-0.2, 0) is 0 Å². The molecular weight excluding hydrogens is 224 g/mol. The summed E-state index contributed by atoms with van der Waals surface area (Å²) in [4.78, 5) is 0. The molecule has 5 heteroatoms. The van der Waals surface area contributed by atoms with E-state index in [0.29, 0.717) is 10.5 Å². The summed E-state index contributed by atoms with van der Waals surface area (Å²) in [6.07, 6.45) is 0. The van der Waals surface area contributed by atoms with Crippen molar-refractivity contribution in [3.05, 3.63) is 0 Å². The Balaban J connectivity index is 2.91. The summed E-state index contributed by atoms with van der Waals surface area (Å²) in [6.45, 7) is 4.39. The van der Waals surface area contributed by atoms with E-state index < -0.39 is 0 Å². The van der Waals surface area contributed by atoms with Crippen LogP contribution in [0.2, 0.25) is 12.1 Å². The van der Waals surface area contributed by atoms with E-state index in [1.165, 1.54) is 12.1 Å². The van der Waals surface area contributed by atoms with Crippen LogP contribution in [0.4, 0.5) is 0 Å². The third kappa shape index (κ3) is 11.5. The van der Waals surface area contributed by atoms with E-state index in [9.17, 15) is 0 Å². The third-order valence-electron chi connectivity index (χ3n) is 1.36. The maximum absolute atomic E-state index is 4.36. The van der Waals surface area contributed by atoms with Crippen LogP contribution in [0, 0.1) is 0 Å². The van der Waals surface area contributed by atoms with E-state index in [1.54, 1.807) is 0 Å². The summed E-state index contributed by atoms with van der Waals surface area (Å²) >= 11 is 8.73. The van der Waals surface area contributed by atoms with Gasteiger partial charge in [-0.2, -0.15) is 25.3 Å². The van der Waals surface area contributed by atoms with Gasteiger partial charge in [0.2, 0.25) is 0 Å². The zero-order valence-corrected chi connectivity index (χ0v) is 12.7. The molecule has 0 fully saturated rings. The van der Waals surface area contributed by atoms with Gasteiger partial charge in [0.05, 0.1) is 17.3 Å². The van der Waals surface area contributed by atoms with Gasteiger partial charge in [0.15, 0.2) is 0 Å². The largest absolute Gasteiger partial charge is 0.221 e. The summed E-state index contributed by atoms with van der Waals surface area (Å²) in [5.41, 5.74) is 0. The fourth-order valence-electron chi connectivity index (χ4n) is 0.610. The zero-order valence-electron chi connectivity index (χ0n) is 7.29. The highest BCUT2D eigenvalue weighted by molar-refractivity contribution is 8.40. The lowest BCUT2D eigenvalue weighted by Crippen LogP contribution is -2.00. The molecule has 0 aliphatic heterocycles. The number of rotatable bonds is 6. The molecule has 0 spiro atoms. The molecule has 0 aromatic carbocycles. The van der Waals surface area contributed by atoms with Crippen molar-refractivity contribution in [1.82, 2.24) is 0 Å². The lowest BCUT2D eigenvalue weighted by Gasteiger charge is -2.04. The van der Waals surface area contributed by atoms with Crippen LogP contribution >= 0.6 is 35.9 Å². The summed E-state index contributed by atoms with van der Waals surface area (Å²) in [5, 5.41) is 1.27. The van der Waals surface area contributed by atoms with Gasteiger partial charge >= 0.3 is 0 Å². The molecule has 0 saturated heterocycles. The van der Waals surface area contributed by atoms with E-state index in [4.69, 9.17) is 0 Å². The first-order chi connectivity index (χ1) is 5.13. The molecular formula is C6H18S3Si2. The van der Waals surface area contributed by atoms with Crippen molar-refractivity contribution in [2.45, 2.75) is 36.4 Å². The van der Waals surface area contributed by atoms with Crippen LogP contribution < -0.4 is 0 Å². The zero-order chi connectivity index (χ0) is 8.69.